The van der Waals surface area contributed by atoms with Crippen molar-refractivity contribution in [3.63, 3.8) is 0 Å². The second-order valence-corrected chi connectivity index (χ2v) is 6.75. The van der Waals surface area contributed by atoms with E-state index in [0.29, 0.717) is 0 Å². The van der Waals surface area contributed by atoms with Gasteiger partial charge in [-0.15, -0.1) is 0 Å². The number of hydrogen-bond donors (Lipinski definition) is 0. The molecule has 0 bridgehead atoms. The zero-order chi connectivity index (χ0) is 15.4. The van der Waals surface area contributed by atoms with Crippen LogP contribution in [-0.2, 0) is 6.54 Å². The molecule has 2 aromatic carbocycles. The summed E-state index contributed by atoms with van der Waals surface area (Å²) in [5, 5.41) is 0. The number of benzene rings is 2. The van der Waals surface area contributed by atoms with Crippen LogP contribution < -0.4 is 0 Å². The van der Waals surface area contributed by atoms with Crippen LogP contribution in [0.25, 0.3) is 0 Å². The molecule has 114 valence electrons. The Hall–Kier alpha value is -1.45. The lowest BCUT2D eigenvalue weighted by molar-refractivity contribution is 0.103. The molecular weight excluding hydrogens is 338 g/mol. The summed E-state index contributed by atoms with van der Waals surface area (Å²) in [7, 11) is 0. The van der Waals surface area contributed by atoms with Crippen LogP contribution in [0.15, 0.2) is 53.0 Å². The third kappa shape index (κ3) is 3.65. The zero-order valence-corrected chi connectivity index (χ0v) is 14.2. The molecule has 2 aromatic rings. The Morgan fingerprint density at radius 3 is 2.36 bits per heavy atom. The average molecular weight is 358 g/mol. The molecule has 1 fully saturated rings. The first kappa shape index (κ1) is 15.4. The molecule has 0 spiro atoms. The minimum atomic E-state index is 0.111. The fourth-order valence-corrected chi connectivity index (χ4v) is 3.26. The Kier molecular flexibility index (Phi) is 5.06. The Bertz CT molecular complexity index is 645. The number of rotatable bonds is 4. The SMILES string of the molecule is O=C(c1ccc(Br)cc1)c1ccccc1CN1CCCCC1. The average Bonchev–Trinajstić information content (AvgIpc) is 2.56. The van der Waals surface area contributed by atoms with Crippen LogP contribution in [0, 0.1) is 0 Å². The van der Waals surface area contributed by atoms with Crippen LogP contribution >= 0.6 is 15.9 Å². The molecule has 22 heavy (non-hydrogen) atoms. The van der Waals surface area contributed by atoms with Crippen molar-refractivity contribution in [2.24, 2.45) is 0 Å². The predicted molar refractivity (Wildman–Crippen MR) is 93.1 cm³/mol. The Labute approximate surface area is 140 Å². The molecule has 1 saturated heterocycles. The molecule has 0 aromatic heterocycles. The van der Waals surface area contributed by atoms with E-state index in [1.54, 1.807) is 0 Å². The number of piperidine rings is 1. The maximum Gasteiger partial charge on any atom is 0.193 e. The molecule has 0 unspecified atom stereocenters. The van der Waals surface area contributed by atoms with Gasteiger partial charge in [-0.2, -0.15) is 0 Å². The van der Waals surface area contributed by atoms with Crippen molar-refractivity contribution >= 4 is 21.7 Å². The quantitative estimate of drug-likeness (QED) is 0.741. The van der Waals surface area contributed by atoms with Crippen LogP contribution in [0.3, 0.4) is 0 Å². The number of hydrogen-bond acceptors (Lipinski definition) is 2. The normalized spacial score (nSPS) is 15.7. The number of likely N-dealkylation sites (tertiary alicyclic amines) is 1. The molecule has 0 N–H and O–H groups in total. The Morgan fingerprint density at radius 2 is 1.64 bits per heavy atom. The standard InChI is InChI=1S/C19H20BrNO/c20-17-10-8-15(9-11-17)19(22)18-7-3-2-6-16(18)14-21-12-4-1-5-13-21/h2-3,6-11H,1,4-5,12-14H2. The maximum absolute atomic E-state index is 12.8. The van der Waals surface area contributed by atoms with E-state index in [0.717, 1.165) is 40.8 Å². The lowest BCUT2D eigenvalue weighted by Crippen LogP contribution is -2.29. The van der Waals surface area contributed by atoms with Crippen molar-refractivity contribution in [3.05, 3.63) is 69.7 Å². The minimum Gasteiger partial charge on any atom is -0.299 e. The summed E-state index contributed by atoms with van der Waals surface area (Å²) >= 11 is 3.41. The first-order valence-corrected chi connectivity index (χ1v) is 8.64. The molecule has 0 amide bonds. The van der Waals surface area contributed by atoms with E-state index >= 15 is 0 Å². The summed E-state index contributed by atoms with van der Waals surface area (Å²) in [6.45, 7) is 3.15. The summed E-state index contributed by atoms with van der Waals surface area (Å²) in [4.78, 5) is 15.2. The topological polar surface area (TPSA) is 20.3 Å². The van der Waals surface area contributed by atoms with E-state index in [2.05, 4.69) is 26.9 Å². The number of carbonyl (C=O) groups is 1. The number of nitrogens with zero attached hydrogens (tertiary/aromatic N) is 1. The first-order valence-electron chi connectivity index (χ1n) is 7.84. The van der Waals surface area contributed by atoms with Gasteiger partial charge in [0.15, 0.2) is 5.78 Å². The van der Waals surface area contributed by atoms with E-state index in [-0.39, 0.29) is 5.78 Å². The van der Waals surface area contributed by atoms with Gasteiger partial charge in [-0.05, 0) is 55.8 Å². The Morgan fingerprint density at radius 1 is 0.955 bits per heavy atom. The fraction of sp³-hybridized carbons (Fsp3) is 0.316. The molecule has 1 aliphatic rings. The first-order chi connectivity index (χ1) is 10.7. The van der Waals surface area contributed by atoms with Crippen molar-refractivity contribution < 1.29 is 4.79 Å². The number of ketones is 1. The van der Waals surface area contributed by atoms with Gasteiger partial charge in [0.25, 0.3) is 0 Å². The summed E-state index contributed by atoms with van der Waals surface area (Å²) in [5.41, 5.74) is 2.71. The Balaban J connectivity index is 1.83. The van der Waals surface area contributed by atoms with E-state index in [4.69, 9.17) is 0 Å². The molecule has 0 atom stereocenters. The second kappa shape index (κ2) is 7.21. The molecule has 0 saturated carbocycles. The molecule has 1 aliphatic heterocycles. The van der Waals surface area contributed by atoms with Gasteiger partial charge in [0.05, 0.1) is 0 Å². The van der Waals surface area contributed by atoms with E-state index in [9.17, 15) is 4.79 Å². The second-order valence-electron chi connectivity index (χ2n) is 5.83. The van der Waals surface area contributed by atoms with Crippen LogP contribution in [0.4, 0.5) is 0 Å². The van der Waals surface area contributed by atoms with E-state index in [1.807, 2.05) is 42.5 Å². The van der Waals surface area contributed by atoms with Crippen molar-refractivity contribution in [2.75, 3.05) is 13.1 Å². The summed E-state index contributed by atoms with van der Waals surface area (Å²) in [5.74, 6) is 0.111. The van der Waals surface area contributed by atoms with Crippen LogP contribution in [0.5, 0.6) is 0 Å². The van der Waals surface area contributed by atoms with Gasteiger partial charge >= 0.3 is 0 Å². The highest BCUT2D eigenvalue weighted by molar-refractivity contribution is 9.10. The van der Waals surface area contributed by atoms with E-state index in [1.165, 1.54) is 19.3 Å². The largest absolute Gasteiger partial charge is 0.299 e. The van der Waals surface area contributed by atoms with E-state index < -0.39 is 0 Å². The summed E-state index contributed by atoms with van der Waals surface area (Å²) in [6, 6.07) is 15.6. The molecule has 0 aliphatic carbocycles. The molecule has 1 heterocycles. The molecule has 2 nitrogen and oxygen atoms in total. The van der Waals surface area contributed by atoms with Crippen molar-refractivity contribution in [1.82, 2.24) is 4.90 Å². The van der Waals surface area contributed by atoms with Gasteiger partial charge in [-0.1, -0.05) is 46.6 Å². The van der Waals surface area contributed by atoms with Gasteiger partial charge < -0.3 is 0 Å². The monoisotopic (exact) mass is 357 g/mol. The summed E-state index contributed by atoms with van der Waals surface area (Å²) < 4.78 is 0.991. The van der Waals surface area contributed by atoms with Gasteiger partial charge in [-0.25, -0.2) is 0 Å². The summed E-state index contributed by atoms with van der Waals surface area (Å²) in [6.07, 6.45) is 3.86. The highest BCUT2D eigenvalue weighted by Crippen LogP contribution is 2.20. The van der Waals surface area contributed by atoms with Gasteiger partial charge in [0.1, 0.15) is 0 Å². The number of carbonyl (C=O) groups excluding carboxylic acids is 1. The predicted octanol–water partition coefficient (Wildman–Crippen LogP) is 4.67. The minimum absolute atomic E-state index is 0.111. The lowest BCUT2D eigenvalue weighted by atomic mass is 9.97. The smallest absolute Gasteiger partial charge is 0.193 e. The highest BCUT2D eigenvalue weighted by Gasteiger charge is 2.16. The fourth-order valence-electron chi connectivity index (χ4n) is 2.99. The number of halogens is 1. The van der Waals surface area contributed by atoms with Gasteiger partial charge in [0.2, 0.25) is 0 Å². The molecule has 3 rings (SSSR count). The van der Waals surface area contributed by atoms with Crippen LogP contribution in [0.1, 0.15) is 40.7 Å². The molecule has 0 radical (unpaired) electrons. The van der Waals surface area contributed by atoms with Gasteiger partial charge in [0, 0.05) is 22.1 Å². The van der Waals surface area contributed by atoms with Crippen molar-refractivity contribution in [2.45, 2.75) is 25.8 Å². The zero-order valence-electron chi connectivity index (χ0n) is 12.6. The maximum atomic E-state index is 12.8. The third-order valence-corrected chi connectivity index (χ3v) is 4.74. The van der Waals surface area contributed by atoms with Crippen molar-refractivity contribution in [1.29, 1.82) is 0 Å². The highest BCUT2D eigenvalue weighted by atomic mass is 79.9. The third-order valence-electron chi connectivity index (χ3n) is 4.21. The van der Waals surface area contributed by atoms with Crippen LogP contribution in [0.2, 0.25) is 0 Å². The molecular formula is C19H20BrNO. The molecule has 3 heteroatoms. The lowest BCUT2D eigenvalue weighted by Gasteiger charge is -2.27. The van der Waals surface area contributed by atoms with Crippen LogP contribution in [-0.4, -0.2) is 23.8 Å². The van der Waals surface area contributed by atoms with Crippen molar-refractivity contribution in [3.8, 4) is 0 Å². The van der Waals surface area contributed by atoms with Gasteiger partial charge in [-0.3, -0.25) is 9.69 Å².